The number of hydrogen-bond donors (Lipinski definition) is 5. The number of benzene rings is 1. The van der Waals surface area contributed by atoms with Crippen LogP contribution in [0.15, 0.2) is 24.3 Å². The molecule has 2 rings (SSSR count). The molecule has 1 saturated heterocycles. The zero-order chi connectivity index (χ0) is 48.9. The van der Waals surface area contributed by atoms with E-state index in [2.05, 4.69) is 66.6 Å². The smallest absolute Gasteiger partial charge is 0.407 e. The molecule has 6 amide bonds. The van der Waals surface area contributed by atoms with Crippen molar-refractivity contribution in [1.82, 2.24) is 25.5 Å². The van der Waals surface area contributed by atoms with E-state index in [9.17, 15) is 28.8 Å². The second-order valence-corrected chi connectivity index (χ2v) is 18.8. The van der Waals surface area contributed by atoms with Crippen molar-refractivity contribution in [3.63, 3.8) is 0 Å². The highest BCUT2D eigenvalue weighted by Gasteiger charge is 2.30. The number of urea groups is 1. The van der Waals surface area contributed by atoms with Gasteiger partial charge in [-0.25, -0.2) is 14.3 Å². The Morgan fingerprint density at radius 1 is 0.864 bits per heavy atom. The van der Waals surface area contributed by atoms with Crippen LogP contribution in [0.25, 0.3) is 0 Å². The van der Waals surface area contributed by atoms with E-state index in [4.69, 9.17) is 34.3 Å². The molecular formula is C46H77N8O11P. The summed E-state index contributed by atoms with van der Waals surface area (Å²) in [6.45, 7) is 18.0. The number of likely N-dealkylation sites (tertiary alicyclic amines) is 1. The summed E-state index contributed by atoms with van der Waals surface area (Å²) in [6, 6.07) is 7.73. The average Bonchev–Trinajstić information content (AvgIpc) is 3.71. The van der Waals surface area contributed by atoms with Gasteiger partial charge < -0.3 is 55.2 Å². The van der Waals surface area contributed by atoms with Crippen molar-refractivity contribution < 1.29 is 52.0 Å². The Bertz CT molecular complexity index is 1660. The zero-order valence-corrected chi connectivity index (χ0v) is 41.2. The Hall–Kier alpha value is -4.44. The van der Waals surface area contributed by atoms with Crippen molar-refractivity contribution in [2.45, 2.75) is 131 Å². The predicted molar refractivity (Wildman–Crippen MR) is 252 cm³/mol. The third kappa shape index (κ3) is 24.4. The lowest BCUT2D eigenvalue weighted by molar-refractivity contribution is -0.131. The zero-order valence-electron chi connectivity index (χ0n) is 40.3. The molecule has 1 fully saturated rings. The summed E-state index contributed by atoms with van der Waals surface area (Å²) >= 11 is 0. The van der Waals surface area contributed by atoms with Crippen molar-refractivity contribution in [3.8, 4) is 6.07 Å². The summed E-state index contributed by atoms with van der Waals surface area (Å²) in [6.07, 6.45) is 2.87. The summed E-state index contributed by atoms with van der Waals surface area (Å²) in [7, 11) is -1.33. The fourth-order valence-corrected chi connectivity index (χ4v) is 8.74. The molecule has 1 unspecified atom stereocenters. The van der Waals surface area contributed by atoms with Crippen LogP contribution in [0.3, 0.4) is 0 Å². The minimum Gasteiger partial charge on any atom is -0.445 e. The molecule has 1 aromatic carbocycles. The van der Waals surface area contributed by atoms with E-state index >= 15 is 0 Å². The molecule has 0 saturated carbocycles. The first kappa shape index (κ1) is 57.7. The molecule has 0 spiro atoms. The van der Waals surface area contributed by atoms with Gasteiger partial charge in [0, 0.05) is 69.1 Å². The van der Waals surface area contributed by atoms with E-state index in [0.717, 1.165) is 19.5 Å². The quantitative estimate of drug-likeness (QED) is 0.0407. The van der Waals surface area contributed by atoms with E-state index in [1.807, 2.05) is 18.7 Å². The van der Waals surface area contributed by atoms with Gasteiger partial charge in [0.05, 0.1) is 58.2 Å². The lowest BCUT2D eigenvalue weighted by atomic mass is 9.89. The van der Waals surface area contributed by atoms with Crippen molar-refractivity contribution in [3.05, 3.63) is 29.8 Å². The number of unbranched alkanes of at least 4 members (excludes halogenated alkanes) is 1. The number of nitrogens with one attached hydrogen (secondary N) is 4. The van der Waals surface area contributed by atoms with Gasteiger partial charge in [0.15, 0.2) is 5.78 Å². The number of ketones is 1. The number of nitrogens with zero attached hydrogens (tertiary/aromatic N) is 3. The van der Waals surface area contributed by atoms with E-state index in [1.165, 1.54) is 0 Å². The number of nitrogens with two attached hydrogens (primary N) is 1. The number of alkyl carbamates (subject to hydrolysis) is 1. The number of nitriles is 1. The number of carbonyl (C=O) groups excluding carboxylic acids is 6. The SMILES string of the molecule is CC(C)[C@H](NC(=O)CCCCC(=O)N1CC[C@H](C)C1)C(=O)C[C@@H](CCCNC(N)=O)C(=O)Nc1ccc(COC(=O)NCCOCCOCCOP(OCCC#N)N(C(C)C)C(C)C)cc1. The molecule has 0 bridgehead atoms. The Kier molecular flexibility index (Phi) is 28.9. The van der Waals surface area contributed by atoms with E-state index in [0.29, 0.717) is 82.3 Å². The van der Waals surface area contributed by atoms with Gasteiger partial charge in [0.2, 0.25) is 17.7 Å². The van der Waals surface area contributed by atoms with Crippen LogP contribution < -0.4 is 27.0 Å². The van der Waals surface area contributed by atoms with Crippen LogP contribution in [0.2, 0.25) is 0 Å². The maximum Gasteiger partial charge on any atom is 0.407 e. The first-order chi connectivity index (χ1) is 31.5. The van der Waals surface area contributed by atoms with Crippen LogP contribution in [0.1, 0.15) is 112 Å². The number of Topliss-reactive ketones (excluding diaryl/α,β-unsaturated/α-hetero) is 1. The van der Waals surface area contributed by atoms with Crippen molar-refractivity contribution in [2.75, 3.05) is 71.1 Å². The largest absolute Gasteiger partial charge is 0.445 e. The summed E-state index contributed by atoms with van der Waals surface area (Å²) in [4.78, 5) is 78.0. The molecule has 0 aliphatic carbocycles. The predicted octanol–water partition coefficient (Wildman–Crippen LogP) is 5.77. The number of primary amides is 1. The lowest BCUT2D eigenvalue weighted by Crippen LogP contribution is -2.45. The summed E-state index contributed by atoms with van der Waals surface area (Å²) in [5.74, 6) is -1.34. The van der Waals surface area contributed by atoms with Gasteiger partial charge in [-0.1, -0.05) is 32.9 Å². The minimum absolute atomic E-state index is 0.0170. The van der Waals surface area contributed by atoms with Crippen LogP contribution in [-0.4, -0.2) is 129 Å². The highest BCUT2D eigenvalue weighted by atomic mass is 31.2. The molecule has 4 atom stereocenters. The van der Waals surface area contributed by atoms with E-state index in [-0.39, 0.29) is 81.2 Å². The van der Waals surface area contributed by atoms with Gasteiger partial charge in [-0.3, -0.25) is 19.2 Å². The number of rotatable bonds is 34. The second-order valence-electron chi connectivity index (χ2n) is 17.3. The second kappa shape index (κ2) is 33.1. The maximum absolute atomic E-state index is 13.6. The molecular weight excluding hydrogens is 872 g/mol. The topological polar surface area (TPSA) is 253 Å². The Balaban J connectivity index is 1.75. The number of anilines is 1. The lowest BCUT2D eigenvalue weighted by Gasteiger charge is -2.35. The van der Waals surface area contributed by atoms with E-state index < -0.39 is 38.5 Å². The Morgan fingerprint density at radius 2 is 1.52 bits per heavy atom. The van der Waals surface area contributed by atoms with Gasteiger partial charge in [0.25, 0.3) is 8.53 Å². The van der Waals surface area contributed by atoms with Crippen LogP contribution in [0, 0.1) is 29.1 Å². The molecule has 66 heavy (non-hydrogen) atoms. The third-order valence-corrected chi connectivity index (χ3v) is 12.7. The number of amides is 6. The van der Waals surface area contributed by atoms with Gasteiger partial charge in [-0.15, -0.1) is 0 Å². The molecule has 19 nitrogen and oxygen atoms in total. The van der Waals surface area contributed by atoms with Crippen molar-refractivity contribution >= 4 is 49.8 Å². The van der Waals surface area contributed by atoms with Crippen LogP contribution in [0.5, 0.6) is 0 Å². The number of ether oxygens (including phenoxy) is 3. The molecule has 1 aliphatic rings. The first-order valence-electron chi connectivity index (χ1n) is 23.3. The van der Waals surface area contributed by atoms with Crippen LogP contribution in [-0.2, 0) is 49.0 Å². The first-order valence-corrected chi connectivity index (χ1v) is 24.4. The normalized spacial score (nSPS) is 15.1. The molecule has 0 aromatic heterocycles. The fourth-order valence-electron chi connectivity index (χ4n) is 7.17. The Labute approximate surface area is 393 Å². The number of carbonyl (C=O) groups is 6. The summed E-state index contributed by atoms with van der Waals surface area (Å²) in [5.41, 5.74) is 6.35. The molecule has 0 radical (unpaired) electrons. The van der Waals surface area contributed by atoms with Gasteiger partial charge in [-0.05, 0) is 89.3 Å². The van der Waals surface area contributed by atoms with Crippen LogP contribution >= 0.6 is 8.53 Å². The summed E-state index contributed by atoms with van der Waals surface area (Å²) in [5, 5.41) is 19.7. The molecule has 1 aromatic rings. The van der Waals surface area contributed by atoms with Crippen LogP contribution in [0.4, 0.5) is 15.3 Å². The van der Waals surface area contributed by atoms with Gasteiger partial charge >= 0.3 is 12.1 Å². The molecule has 372 valence electrons. The highest BCUT2D eigenvalue weighted by Crippen LogP contribution is 2.45. The average molecular weight is 949 g/mol. The standard InChI is InChI=1S/C46H77N8O11P/c1-33(2)43(52-41(56)13-8-9-14-42(57)53-23-19-36(7)31-53)40(55)30-38(12-10-21-49-45(48)59)44(58)51-39-17-15-37(16-18-39)32-63-46(60)50-22-25-61-26-27-62-28-29-65-66(64-24-11-20-47)54(34(3)4)35(5)6/h15-18,33-36,38,43H,8-14,19,21-32H2,1-7H3,(H,50,60)(H,51,58)(H,52,56)(H3,48,49,59)/t36-,38+,43-,66?/m0/s1. The van der Waals surface area contributed by atoms with Gasteiger partial charge in [-0.2, -0.15) is 5.26 Å². The Morgan fingerprint density at radius 3 is 2.14 bits per heavy atom. The monoisotopic (exact) mass is 949 g/mol. The van der Waals surface area contributed by atoms with E-state index in [1.54, 1.807) is 24.3 Å². The highest BCUT2D eigenvalue weighted by molar-refractivity contribution is 7.44. The molecule has 6 N–H and O–H groups in total. The van der Waals surface area contributed by atoms with Crippen molar-refractivity contribution in [1.29, 1.82) is 5.26 Å². The minimum atomic E-state index is -1.33. The molecule has 1 aliphatic heterocycles. The van der Waals surface area contributed by atoms with Crippen molar-refractivity contribution in [2.24, 2.45) is 23.5 Å². The molecule has 20 heteroatoms. The summed E-state index contributed by atoms with van der Waals surface area (Å²) < 4.78 is 30.5. The third-order valence-electron chi connectivity index (χ3n) is 10.6. The maximum atomic E-state index is 13.6. The van der Waals surface area contributed by atoms with Gasteiger partial charge in [0.1, 0.15) is 6.61 Å². The number of hydrogen-bond acceptors (Lipinski definition) is 13. The fraction of sp³-hybridized carbons (Fsp3) is 0.717. The molecule has 1 heterocycles.